The molecule has 2 heterocycles. The van der Waals surface area contributed by atoms with Crippen LogP contribution < -0.4 is 10.2 Å². The second kappa shape index (κ2) is 6.63. The van der Waals surface area contributed by atoms with Crippen molar-refractivity contribution in [2.45, 2.75) is 33.0 Å². The van der Waals surface area contributed by atoms with Gasteiger partial charge in [-0.15, -0.1) is 0 Å². The summed E-state index contributed by atoms with van der Waals surface area (Å²) in [6.45, 7) is 5.87. The molecule has 2 aromatic rings. The van der Waals surface area contributed by atoms with Crippen LogP contribution in [0.4, 0.5) is 5.82 Å². The first-order valence-corrected chi connectivity index (χ1v) is 7.36. The van der Waals surface area contributed by atoms with Gasteiger partial charge in [-0.3, -0.25) is 4.98 Å². The molecule has 102 valence electrons. The first-order valence-electron chi connectivity index (χ1n) is 6.41. The zero-order chi connectivity index (χ0) is 13.7. The molecule has 0 saturated carbocycles. The standard InChI is InChI=1S/C14H20N4S/c1-11(2)15-6-13-7-17-14(8-16-13)18(3)9-12-4-5-19-10-12/h4-5,7-8,10-11,15H,6,9H2,1-3H3. The molecule has 0 aliphatic rings. The molecule has 0 aromatic carbocycles. The van der Waals surface area contributed by atoms with Gasteiger partial charge < -0.3 is 10.2 Å². The van der Waals surface area contributed by atoms with E-state index in [1.54, 1.807) is 11.3 Å². The Balaban J connectivity index is 1.93. The Kier molecular flexibility index (Phi) is 4.87. The highest BCUT2D eigenvalue weighted by Gasteiger charge is 2.05. The maximum Gasteiger partial charge on any atom is 0.147 e. The average molecular weight is 276 g/mol. The van der Waals surface area contributed by atoms with Crippen molar-refractivity contribution in [3.63, 3.8) is 0 Å². The van der Waals surface area contributed by atoms with E-state index in [1.807, 2.05) is 19.4 Å². The molecule has 0 radical (unpaired) electrons. The summed E-state index contributed by atoms with van der Waals surface area (Å²) in [4.78, 5) is 11.0. The van der Waals surface area contributed by atoms with Crippen LogP contribution in [0.15, 0.2) is 29.2 Å². The van der Waals surface area contributed by atoms with E-state index in [4.69, 9.17) is 0 Å². The largest absolute Gasteiger partial charge is 0.354 e. The SMILES string of the molecule is CC(C)NCc1cnc(N(C)Cc2ccsc2)cn1. The molecule has 0 spiro atoms. The molecule has 1 N–H and O–H groups in total. The van der Waals surface area contributed by atoms with E-state index in [9.17, 15) is 0 Å². The predicted molar refractivity (Wildman–Crippen MR) is 80.4 cm³/mol. The van der Waals surface area contributed by atoms with Gasteiger partial charge in [-0.1, -0.05) is 13.8 Å². The highest BCUT2D eigenvalue weighted by molar-refractivity contribution is 7.07. The number of nitrogens with one attached hydrogen (secondary N) is 1. The molecule has 0 atom stereocenters. The maximum atomic E-state index is 4.46. The van der Waals surface area contributed by atoms with Gasteiger partial charge in [0.2, 0.25) is 0 Å². The average Bonchev–Trinajstić information content (AvgIpc) is 2.89. The van der Waals surface area contributed by atoms with Crippen LogP contribution in [0, 0.1) is 0 Å². The lowest BCUT2D eigenvalue weighted by atomic mass is 10.3. The highest BCUT2D eigenvalue weighted by Crippen LogP contribution is 2.13. The van der Waals surface area contributed by atoms with Crippen LogP contribution in [-0.4, -0.2) is 23.1 Å². The Morgan fingerprint density at radius 3 is 2.74 bits per heavy atom. The molecular formula is C14H20N4S. The summed E-state index contributed by atoms with van der Waals surface area (Å²) in [5.74, 6) is 0.902. The molecule has 0 saturated heterocycles. The number of thiophene rings is 1. The van der Waals surface area contributed by atoms with Crippen LogP contribution in [0.1, 0.15) is 25.1 Å². The summed E-state index contributed by atoms with van der Waals surface area (Å²) in [5, 5.41) is 7.58. The topological polar surface area (TPSA) is 41.1 Å². The highest BCUT2D eigenvalue weighted by atomic mass is 32.1. The van der Waals surface area contributed by atoms with E-state index < -0.39 is 0 Å². The van der Waals surface area contributed by atoms with Crippen LogP contribution >= 0.6 is 11.3 Å². The zero-order valence-electron chi connectivity index (χ0n) is 11.6. The van der Waals surface area contributed by atoms with E-state index in [0.29, 0.717) is 6.04 Å². The smallest absolute Gasteiger partial charge is 0.147 e. The Labute approximate surface area is 118 Å². The molecule has 2 rings (SSSR count). The minimum absolute atomic E-state index is 0.461. The molecule has 2 aromatic heterocycles. The monoisotopic (exact) mass is 276 g/mol. The predicted octanol–water partition coefficient (Wildman–Crippen LogP) is 2.67. The molecule has 19 heavy (non-hydrogen) atoms. The van der Waals surface area contributed by atoms with Gasteiger partial charge in [-0.25, -0.2) is 4.98 Å². The van der Waals surface area contributed by atoms with Crippen molar-refractivity contribution >= 4 is 17.2 Å². The van der Waals surface area contributed by atoms with Crippen molar-refractivity contribution in [1.82, 2.24) is 15.3 Å². The lowest BCUT2D eigenvalue weighted by Crippen LogP contribution is -2.23. The first kappa shape index (κ1) is 14.0. The Morgan fingerprint density at radius 2 is 2.16 bits per heavy atom. The zero-order valence-corrected chi connectivity index (χ0v) is 12.4. The summed E-state index contributed by atoms with van der Waals surface area (Å²) >= 11 is 1.72. The fourth-order valence-corrected chi connectivity index (χ4v) is 2.34. The third-order valence-corrected chi connectivity index (χ3v) is 3.51. The van der Waals surface area contributed by atoms with Gasteiger partial charge in [0.15, 0.2) is 0 Å². The lowest BCUT2D eigenvalue weighted by molar-refractivity contribution is 0.580. The van der Waals surface area contributed by atoms with E-state index in [1.165, 1.54) is 5.56 Å². The number of hydrogen-bond donors (Lipinski definition) is 1. The summed E-state index contributed by atoms with van der Waals surface area (Å²) in [5.41, 5.74) is 2.28. The fourth-order valence-electron chi connectivity index (χ4n) is 1.68. The molecule has 0 bridgehead atoms. The third kappa shape index (κ3) is 4.29. The number of rotatable bonds is 6. The van der Waals surface area contributed by atoms with Gasteiger partial charge in [0.05, 0.1) is 18.1 Å². The van der Waals surface area contributed by atoms with Gasteiger partial charge >= 0.3 is 0 Å². The molecule has 0 aliphatic carbocycles. The van der Waals surface area contributed by atoms with Crippen molar-refractivity contribution in [2.24, 2.45) is 0 Å². The number of hydrogen-bond acceptors (Lipinski definition) is 5. The van der Waals surface area contributed by atoms with Crippen LogP contribution in [0.2, 0.25) is 0 Å². The number of nitrogens with zero attached hydrogens (tertiary/aromatic N) is 3. The summed E-state index contributed by atoms with van der Waals surface area (Å²) in [7, 11) is 2.04. The second-order valence-corrected chi connectivity index (χ2v) is 5.67. The van der Waals surface area contributed by atoms with E-state index in [0.717, 1.165) is 24.6 Å². The molecule has 0 amide bonds. The Hall–Kier alpha value is -1.46. The normalized spacial score (nSPS) is 10.9. The van der Waals surface area contributed by atoms with Crippen LogP contribution in [0.5, 0.6) is 0 Å². The van der Waals surface area contributed by atoms with Crippen molar-refractivity contribution in [2.75, 3.05) is 11.9 Å². The van der Waals surface area contributed by atoms with Gasteiger partial charge in [0, 0.05) is 26.2 Å². The maximum absolute atomic E-state index is 4.46. The molecule has 4 nitrogen and oxygen atoms in total. The second-order valence-electron chi connectivity index (χ2n) is 4.89. The van der Waals surface area contributed by atoms with E-state index in [-0.39, 0.29) is 0 Å². The van der Waals surface area contributed by atoms with Gasteiger partial charge in [-0.05, 0) is 22.4 Å². The van der Waals surface area contributed by atoms with Gasteiger partial charge in [-0.2, -0.15) is 11.3 Å². The third-order valence-electron chi connectivity index (χ3n) is 2.77. The van der Waals surface area contributed by atoms with Gasteiger partial charge in [0.1, 0.15) is 5.82 Å². The molecule has 0 fully saturated rings. The minimum Gasteiger partial charge on any atom is -0.354 e. The van der Waals surface area contributed by atoms with Crippen LogP contribution in [0.25, 0.3) is 0 Å². The van der Waals surface area contributed by atoms with Gasteiger partial charge in [0.25, 0.3) is 0 Å². The summed E-state index contributed by atoms with van der Waals surface area (Å²) in [6, 6.07) is 2.60. The quantitative estimate of drug-likeness (QED) is 0.880. The fraction of sp³-hybridized carbons (Fsp3) is 0.429. The number of anilines is 1. The lowest BCUT2D eigenvalue weighted by Gasteiger charge is -2.17. The molecule has 0 unspecified atom stereocenters. The Bertz CT molecular complexity index is 479. The summed E-state index contributed by atoms with van der Waals surface area (Å²) < 4.78 is 0. The number of aromatic nitrogens is 2. The van der Waals surface area contributed by atoms with Crippen molar-refractivity contribution in [1.29, 1.82) is 0 Å². The van der Waals surface area contributed by atoms with E-state index >= 15 is 0 Å². The first-order chi connectivity index (χ1) is 9.15. The van der Waals surface area contributed by atoms with Crippen molar-refractivity contribution in [3.8, 4) is 0 Å². The summed E-state index contributed by atoms with van der Waals surface area (Å²) in [6.07, 6.45) is 3.68. The van der Waals surface area contributed by atoms with Crippen molar-refractivity contribution < 1.29 is 0 Å². The Morgan fingerprint density at radius 1 is 1.32 bits per heavy atom. The molecule has 5 heteroatoms. The van der Waals surface area contributed by atoms with Crippen LogP contribution in [0.3, 0.4) is 0 Å². The van der Waals surface area contributed by atoms with Crippen LogP contribution in [-0.2, 0) is 13.1 Å². The van der Waals surface area contributed by atoms with Crippen molar-refractivity contribution in [3.05, 3.63) is 40.5 Å². The minimum atomic E-state index is 0.461. The molecular weight excluding hydrogens is 256 g/mol. The molecule has 0 aliphatic heterocycles. The van der Waals surface area contributed by atoms with E-state index in [2.05, 4.69) is 50.9 Å².